The van der Waals surface area contributed by atoms with Crippen molar-refractivity contribution < 1.29 is 18.7 Å². The maximum Gasteiger partial charge on any atom is 0.261 e. The fourth-order valence-corrected chi connectivity index (χ4v) is 2.49. The Morgan fingerprint density at radius 2 is 1.85 bits per heavy atom. The Kier molecular flexibility index (Phi) is 6.97. The zero-order valence-corrected chi connectivity index (χ0v) is 15.3. The summed E-state index contributed by atoms with van der Waals surface area (Å²) in [6.07, 6.45) is 0. The summed E-state index contributed by atoms with van der Waals surface area (Å²) >= 11 is 5.81. The molecule has 26 heavy (non-hydrogen) atoms. The van der Waals surface area contributed by atoms with E-state index in [1.54, 1.807) is 49.4 Å². The first-order chi connectivity index (χ1) is 12.4. The molecule has 0 aliphatic rings. The summed E-state index contributed by atoms with van der Waals surface area (Å²) in [6.45, 7) is 1.27. The summed E-state index contributed by atoms with van der Waals surface area (Å²) in [5.74, 6) is -0.741. The molecule has 1 N–H and O–H groups in total. The Morgan fingerprint density at radius 1 is 1.19 bits per heavy atom. The lowest BCUT2D eigenvalue weighted by Crippen LogP contribution is -2.48. The maximum atomic E-state index is 14.0. The highest BCUT2D eigenvalue weighted by atomic mass is 35.5. The molecule has 0 saturated carbocycles. The molecule has 0 aromatic heterocycles. The van der Waals surface area contributed by atoms with Crippen LogP contribution in [-0.4, -0.2) is 36.4 Å². The van der Waals surface area contributed by atoms with Crippen molar-refractivity contribution >= 4 is 23.4 Å². The van der Waals surface area contributed by atoms with Gasteiger partial charge in [-0.05, 0) is 37.3 Å². The molecule has 2 amide bonds. The van der Waals surface area contributed by atoms with Gasteiger partial charge in [0.2, 0.25) is 5.91 Å². The smallest absolute Gasteiger partial charge is 0.261 e. The first-order valence-corrected chi connectivity index (χ1v) is 8.43. The van der Waals surface area contributed by atoms with Crippen LogP contribution in [0.1, 0.15) is 12.5 Å². The van der Waals surface area contributed by atoms with Gasteiger partial charge in [0.15, 0.2) is 6.61 Å². The van der Waals surface area contributed by atoms with Gasteiger partial charge in [-0.1, -0.05) is 29.8 Å². The Bertz CT molecular complexity index is 768. The van der Waals surface area contributed by atoms with Crippen molar-refractivity contribution in [2.24, 2.45) is 0 Å². The number of carbonyl (C=O) groups is 2. The third-order valence-corrected chi connectivity index (χ3v) is 4.14. The Balaban J connectivity index is 2.13. The maximum absolute atomic E-state index is 14.0. The highest BCUT2D eigenvalue weighted by Crippen LogP contribution is 2.17. The first kappa shape index (κ1) is 19.7. The second-order valence-corrected chi connectivity index (χ2v) is 6.08. The quantitative estimate of drug-likeness (QED) is 0.805. The van der Waals surface area contributed by atoms with Crippen molar-refractivity contribution in [1.82, 2.24) is 10.2 Å². The number of nitrogens with one attached hydrogen (secondary N) is 1. The normalized spacial score (nSPS) is 11.5. The van der Waals surface area contributed by atoms with Gasteiger partial charge in [-0.3, -0.25) is 9.59 Å². The first-order valence-electron chi connectivity index (χ1n) is 8.05. The van der Waals surface area contributed by atoms with E-state index in [9.17, 15) is 14.0 Å². The zero-order chi connectivity index (χ0) is 19.1. The molecule has 1 atom stereocenters. The number of halogens is 2. The van der Waals surface area contributed by atoms with Crippen LogP contribution in [0.4, 0.5) is 4.39 Å². The molecule has 0 unspecified atom stereocenters. The van der Waals surface area contributed by atoms with Crippen LogP contribution in [0.3, 0.4) is 0 Å². The molecular weight excluding hydrogens is 359 g/mol. The molecule has 2 aromatic carbocycles. The van der Waals surface area contributed by atoms with Gasteiger partial charge < -0.3 is 15.0 Å². The lowest BCUT2D eigenvalue weighted by atomic mass is 10.1. The molecule has 5 nitrogen and oxygen atoms in total. The van der Waals surface area contributed by atoms with E-state index in [1.165, 1.54) is 18.0 Å². The molecule has 7 heteroatoms. The molecule has 0 heterocycles. The number of ether oxygens (including phenoxy) is 1. The van der Waals surface area contributed by atoms with Gasteiger partial charge in [0.25, 0.3) is 5.91 Å². The average molecular weight is 379 g/mol. The summed E-state index contributed by atoms with van der Waals surface area (Å²) in [5.41, 5.74) is 0.322. The van der Waals surface area contributed by atoms with E-state index in [4.69, 9.17) is 16.3 Å². The van der Waals surface area contributed by atoms with E-state index in [-0.39, 0.29) is 19.1 Å². The third kappa shape index (κ3) is 5.20. The molecule has 2 rings (SSSR count). The monoisotopic (exact) mass is 378 g/mol. The van der Waals surface area contributed by atoms with E-state index in [2.05, 4.69) is 5.32 Å². The third-order valence-electron chi connectivity index (χ3n) is 3.89. The topological polar surface area (TPSA) is 58.6 Å². The number of likely N-dealkylation sites (N-methyl/N-ethyl adjacent to an activating group) is 1. The zero-order valence-electron chi connectivity index (χ0n) is 14.5. The lowest BCUT2D eigenvalue weighted by molar-refractivity contribution is -0.142. The number of amides is 2. The molecule has 0 spiro atoms. The highest BCUT2D eigenvalue weighted by Gasteiger charge is 2.26. The minimum atomic E-state index is -0.777. The second-order valence-electron chi connectivity index (χ2n) is 5.65. The van der Waals surface area contributed by atoms with Crippen LogP contribution in [0.5, 0.6) is 5.75 Å². The summed E-state index contributed by atoms with van der Waals surface area (Å²) < 4.78 is 19.4. The molecule has 138 valence electrons. The molecular formula is C19H20ClFN2O3. The van der Waals surface area contributed by atoms with Gasteiger partial charge >= 0.3 is 0 Å². The van der Waals surface area contributed by atoms with Crippen LogP contribution in [0, 0.1) is 5.82 Å². The van der Waals surface area contributed by atoms with E-state index in [1.807, 2.05) is 0 Å². The van der Waals surface area contributed by atoms with Gasteiger partial charge in [-0.25, -0.2) is 4.39 Å². The number of rotatable bonds is 7. The molecule has 2 aromatic rings. The average Bonchev–Trinajstić information content (AvgIpc) is 2.65. The van der Waals surface area contributed by atoms with Gasteiger partial charge in [-0.2, -0.15) is 0 Å². The minimum Gasteiger partial charge on any atom is -0.484 e. The van der Waals surface area contributed by atoms with Gasteiger partial charge in [-0.15, -0.1) is 0 Å². The molecule has 0 radical (unpaired) electrons. The number of carbonyl (C=O) groups excluding carboxylic acids is 2. The van der Waals surface area contributed by atoms with Gasteiger partial charge in [0.05, 0.1) is 0 Å². The van der Waals surface area contributed by atoms with E-state index >= 15 is 0 Å². The van der Waals surface area contributed by atoms with Crippen LogP contribution in [0.25, 0.3) is 0 Å². The largest absolute Gasteiger partial charge is 0.484 e. The number of hydrogen-bond donors (Lipinski definition) is 1. The van der Waals surface area contributed by atoms with Crippen LogP contribution in [-0.2, 0) is 16.1 Å². The Labute approximate surface area is 156 Å². The summed E-state index contributed by atoms with van der Waals surface area (Å²) in [6, 6.07) is 11.9. The van der Waals surface area contributed by atoms with E-state index < -0.39 is 17.8 Å². The Morgan fingerprint density at radius 3 is 2.46 bits per heavy atom. The summed E-state index contributed by atoms with van der Waals surface area (Å²) in [5, 5.41) is 3.05. The van der Waals surface area contributed by atoms with Crippen LogP contribution in [0.15, 0.2) is 48.5 Å². The number of nitrogens with zero attached hydrogens (tertiary/aromatic N) is 1. The minimum absolute atomic E-state index is 0.0376. The Hall–Kier alpha value is -2.60. The molecule has 0 fully saturated rings. The van der Waals surface area contributed by atoms with Crippen molar-refractivity contribution in [3.8, 4) is 5.75 Å². The molecule has 0 saturated heterocycles. The summed E-state index contributed by atoms with van der Waals surface area (Å²) in [4.78, 5) is 25.9. The predicted octanol–water partition coefficient (Wildman–Crippen LogP) is 3.02. The number of benzene rings is 2. The predicted molar refractivity (Wildman–Crippen MR) is 97.4 cm³/mol. The lowest BCUT2D eigenvalue weighted by Gasteiger charge is -2.28. The van der Waals surface area contributed by atoms with Gasteiger partial charge in [0, 0.05) is 24.2 Å². The number of hydrogen-bond acceptors (Lipinski definition) is 3. The fourth-order valence-electron chi connectivity index (χ4n) is 2.36. The molecule has 0 aliphatic heterocycles. The van der Waals surface area contributed by atoms with Crippen molar-refractivity contribution in [3.63, 3.8) is 0 Å². The summed E-state index contributed by atoms with van der Waals surface area (Å²) in [7, 11) is 1.48. The fraction of sp³-hybridized carbons (Fsp3) is 0.263. The van der Waals surface area contributed by atoms with Crippen molar-refractivity contribution in [2.75, 3.05) is 13.7 Å². The van der Waals surface area contributed by atoms with Gasteiger partial charge in [0.1, 0.15) is 17.6 Å². The van der Waals surface area contributed by atoms with Crippen molar-refractivity contribution in [2.45, 2.75) is 19.5 Å². The SMILES string of the molecule is CNC(=O)[C@@H](C)N(Cc1ccccc1F)C(=O)COc1ccc(Cl)cc1. The van der Waals surface area contributed by atoms with Crippen molar-refractivity contribution in [1.29, 1.82) is 0 Å². The second kappa shape index (κ2) is 9.20. The van der Waals surface area contributed by atoms with Crippen LogP contribution >= 0.6 is 11.6 Å². The molecule has 0 bridgehead atoms. The van der Waals surface area contributed by atoms with E-state index in [0.29, 0.717) is 16.3 Å². The van der Waals surface area contributed by atoms with Crippen LogP contribution < -0.4 is 10.1 Å². The van der Waals surface area contributed by atoms with Crippen molar-refractivity contribution in [3.05, 3.63) is 64.9 Å². The standard InChI is InChI=1S/C19H20ClFN2O3/c1-13(19(25)22-2)23(11-14-5-3-4-6-17(14)21)18(24)12-26-16-9-7-15(20)8-10-16/h3-10,13H,11-12H2,1-2H3,(H,22,25)/t13-/m1/s1. The molecule has 0 aliphatic carbocycles. The highest BCUT2D eigenvalue weighted by molar-refractivity contribution is 6.30. The van der Waals surface area contributed by atoms with Crippen LogP contribution in [0.2, 0.25) is 5.02 Å². The van der Waals surface area contributed by atoms with E-state index in [0.717, 1.165) is 0 Å².